The molecule has 23 heavy (non-hydrogen) atoms. The van der Waals surface area contributed by atoms with E-state index in [0.717, 1.165) is 21.4 Å². The highest BCUT2D eigenvalue weighted by molar-refractivity contribution is 7.98. The zero-order chi connectivity index (χ0) is 16.1. The fraction of sp³-hybridized carbons (Fsp3) is 0.0588. The van der Waals surface area contributed by atoms with E-state index in [9.17, 15) is 9.90 Å². The highest BCUT2D eigenvalue weighted by atomic mass is 32.2. The number of carbonyl (C=O) groups is 1. The summed E-state index contributed by atoms with van der Waals surface area (Å²) in [6.07, 6.45) is 0. The number of anilines is 2. The first-order chi connectivity index (χ1) is 11.2. The number of benzene rings is 2. The van der Waals surface area contributed by atoms with E-state index in [1.807, 2.05) is 47.8 Å². The molecule has 0 unspecified atom stereocenters. The molecule has 0 fully saturated rings. The number of hydrogen-bond donors (Lipinski definition) is 2. The van der Waals surface area contributed by atoms with Crippen molar-refractivity contribution in [2.45, 2.75) is 10.6 Å². The Balaban J connectivity index is 1.65. The summed E-state index contributed by atoms with van der Waals surface area (Å²) < 4.78 is 0. The van der Waals surface area contributed by atoms with Gasteiger partial charge in [0.1, 0.15) is 0 Å². The summed E-state index contributed by atoms with van der Waals surface area (Å²) in [5, 5.41) is 15.3. The predicted molar refractivity (Wildman–Crippen MR) is 94.8 cm³/mol. The van der Waals surface area contributed by atoms with Crippen LogP contribution in [0.2, 0.25) is 0 Å². The Morgan fingerprint density at radius 1 is 1.13 bits per heavy atom. The van der Waals surface area contributed by atoms with Crippen LogP contribution in [0.3, 0.4) is 0 Å². The van der Waals surface area contributed by atoms with Gasteiger partial charge in [-0.05, 0) is 24.3 Å². The highest BCUT2D eigenvalue weighted by Gasteiger charge is 2.10. The van der Waals surface area contributed by atoms with E-state index in [4.69, 9.17) is 0 Å². The second-order valence-electron chi connectivity index (χ2n) is 4.73. The number of thiazole rings is 1. The Bertz CT molecular complexity index is 803. The molecule has 0 atom stereocenters. The normalized spacial score (nSPS) is 10.4. The standard InChI is InChI=1S/C17H14N2O2S2/c20-16(21)14-8-4-5-9-15(14)22-10-13-11-23-17(19-13)18-12-6-2-1-3-7-12/h1-9,11H,10H2,(H,18,19)(H,20,21). The first-order valence-corrected chi connectivity index (χ1v) is 8.80. The number of aromatic nitrogens is 1. The van der Waals surface area contributed by atoms with Gasteiger partial charge in [-0.2, -0.15) is 0 Å². The third-order valence-corrected chi connectivity index (χ3v) is 4.98. The SMILES string of the molecule is O=C(O)c1ccccc1SCc1csc(Nc2ccccc2)n1. The average molecular weight is 342 g/mol. The molecule has 0 aliphatic carbocycles. The number of hydrogen-bond acceptors (Lipinski definition) is 5. The van der Waals surface area contributed by atoms with Crippen molar-refractivity contribution < 1.29 is 9.90 Å². The third kappa shape index (κ3) is 4.12. The van der Waals surface area contributed by atoms with Crippen molar-refractivity contribution in [2.75, 3.05) is 5.32 Å². The molecule has 0 amide bonds. The minimum Gasteiger partial charge on any atom is -0.478 e. The fourth-order valence-electron chi connectivity index (χ4n) is 2.00. The van der Waals surface area contributed by atoms with Crippen molar-refractivity contribution in [1.82, 2.24) is 4.98 Å². The van der Waals surface area contributed by atoms with Crippen molar-refractivity contribution in [1.29, 1.82) is 0 Å². The molecule has 1 heterocycles. The van der Waals surface area contributed by atoms with Crippen LogP contribution in [0.1, 0.15) is 16.1 Å². The molecule has 0 radical (unpaired) electrons. The zero-order valence-corrected chi connectivity index (χ0v) is 13.7. The number of carboxylic acids is 1. The quantitative estimate of drug-likeness (QED) is 0.625. The summed E-state index contributed by atoms with van der Waals surface area (Å²) in [6, 6.07) is 16.9. The van der Waals surface area contributed by atoms with Crippen LogP contribution < -0.4 is 5.32 Å². The average Bonchev–Trinajstić information content (AvgIpc) is 3.01. The monoisotopic (exact) mass is 342 g/mol. The molecule has 4 nitrogen and oxygen atoms in total. The van der Waals surface area contributed by atoms with Crippen LogP contribution in [0.5, 0.6) is 0 Å². The van der Waals surface area contributed by atoms with Crippen LogP contribution in [0.4, 0.5) is 10.8 Å². The lowest BCUT2D eigenvalue weighted by atomic mass is 10.2. The fourth-order valence-corrected chi connectivity index (χ4v) is 3.77. The van der Waals surface area contributed by atoms with Crippen LogP contribution in [0.15, 0.2) is 64.9 Å². The minimum absolute atomic E-state index is 0.329. The number of thioether (sulfide) groups is 1. The Hall–Kier alpha value is -2.31. The first-order valence-electron chi connectivity index (χ1n) is 6.94. The van der Waals surface area contributed by atoms with Crippen LogP contribution in [-0.4, -0.2) is 16.1 Å². The lowest BCUT2D eigenvalue weighted by Gasteiger charge is -2.04. The smallest absolute Gasteiger partial charge is 0.336 e. The Morgan fingerprint density at radius 3 is 2.65 bits per heavy atom. The molecule has 116 valence electrons. The zero-order valence-electron chi connectivity index (χ0n) is 12.1. The van der Waals surface area contributed by atoms with Gasteiger partial charge in [-0.1, -0.05) is 30.3 Å². The molecule has 0 saturated carbocycles. The molecule has 3 aromatic rings. The number of rotatable bonds is 6. The maximum Gasteiger partial charge on any atom is 0.336 e. The van der Waals surface area contributed by atoms with Gasteiger partial charge in [0.05, 0.1) is 11.3 Å². The first kappa shape index (κ1) is 15.6. The van der Waals surface area contributed by atoms with Gasteiger partial charge in [-0.15, -0.1) is 23.1 Å². The molecule has 0 bridgehead atoms. The Morgan fingerprint density at radius 2 is 1.87 bits per heavy atom. The maximum absolute atomic E-state index is 11.2. The summed E-state index contributed by atoms with van der Waals surface area (Å²) in [5.74, 6) is -0.269. The second-order valence-corrected chi connectivity index (χ2v) is 6.60. The minimum atomic E-state index is -0.905. The molecule has 3 rings (SSSR count). The van der Waals surface area contributed by atoms with E-state index in [1.165, 1.54) is 23.1 Å². The highest BCUT2D eigenvalue weighted by Crippen LogP contribution is 2.28. The van der Waals surface area contributed by atoms with Crippen molar-refractivity contribution in [2.24, 2.45) is 0 Å². The van der Waals surface area contributed by atoms with Crippen LogP contribution >= 0.6 is 23.1 Å². The Kier molecular flexibility index (Phi) is 4.95. The number of para-hydroxylation sites is 1. The molecule has 6 heteroatoms. The van der Waals surface area contributed by atoms with Crippen molar-refractivity contribution in [3.63, 3.8) is 0 Å². The molecule has 0 saturated heterocycles. The number of nitrogens with zero attached hydrogens (tertiary/aromatic N) is 1. The van der Waals surface area contributed by atoms with Gasteiger partial charge in [-0.25, -0.2) is 9.78 Å². The van der Waals surface area contributed by atoms with Gasteiger partial charge in [-0.3, -0.25) is 0 Å². The molecular formula is C17H14N2O2S2. The largest absolute Gasteiger partial charge is 0.478 e. The molecule has 2 aromatic carbocycles. The van der Waals surface area contributed by atoms with Crippen molar-refractivity contribution in [3.8, 4) is 0 Å². The van der Waals surface area contributed by atoms with Gasteiger partial charge in [0, 0.05) is 21.7 Å². The van der Waals surface area contributed by atoms with Crippen molar-refractivity contribution >= 4 is 39.9 Å². The van der Waals surface area contributed by atoms with E-state index < -0.39 is 5.97 Å². The molecular weight excluding hydrogens is 328 g/mol. The van der Waals surface area contributed by atoms with Gasteiger partial charge in [0.25, 0.3) is 0 Å². The number of carboxylic acid groups (broad SMARTS) is 1. The van der Waals surface area contributed by atoms with E-state index in [1.54, 1.807) is 12.1 Å². The van der Waals surface area contributed by atoms with Gasteiger partial charge in [0.15, 0.2) is 5.13 Å². The van der Waals surface area contributed by atoms with Crippen LogP contribution in [0.25, 0.3) is 0 Å². The van der Waals surface area contributed by atoms with Crippen LogP contribution in [0, 0.1) is 0 Å². The Labute approximate surface area is 142 Å². The van der Waals surface area contributed by atoms with Crippen molar-refractivity contribution in [3.05, 3.63) is 71.2 Å². The summed E-state index contributed by atoms with van der Waals surface area (Å²) in [4.78, 5) is 16.5. The lowest BCUT2D eigenvalue weighted by Crippen LogP contribution is -1.98. The summed E-state index contributed by atoms with van der Waals surface area (Å²) in [6.45, 7) is 0. The topological polar surface area (TPSA) is 62.2 Å². The molecule has 0 spiro atoms. The van der Waals surface area contributed by atoms with Crippen LogP contribution in [-0.2, 0) is 5.75 Å². The van der Waals surface area contributed by atoms with E-state index >= 15 is 0 Å². The maximum atomic E-state index is 11.2. The summed E-state index contributed by atoms with van der Waals surface area (Å²) in [5.41, 5.74) is 2.26. The third-order valence-electron chi connectivity index (χ3n) is 3.07. The van der Waals surface area contributed by atoms with E-state index in [2.05, 4.69) is 10.3 Å². The predicted octanol–water partition coefficient (Wildman–Crippen LogP) is 4.88. The summed E-state index contributed by atoms with van der Waals surface area (Å²) >= 11 is 3.02. The van der Waals surface area contributed by atoms with Gasteiger partial charge >= 0.3 is 5.97 Å². The molecule has 1 aromatic heterocycles. The second kappa shape index (κ2) is 7.30. The number of aromatic carboxylic acids is 1. The van der Waals surface area contributed by atoms with E-state index in [-0.39, 0.29) is 0 Å². The molecule has 2 N–H and O–H groups in total. The number of nitrogens with one attached hydrogen (secondary N) is 1. The van der Waals surface area contributed by atoms with E-state index in [0.29, 0.717) is 11.3 Å². The van der Waals surface area contributed by atoms with Gasteiger partial charge < -0.3 is 10.4 Å². The summed E-state index contributed by atoms with van der Waals surface area (Å²) in [7, 11) is 0. The van der Waals surface area contributed by atoms with Gasteiger partial charge in [0.2, 0.25) is 0 Å². The lowest BCUT2D eigenvalue weighted by molar-refractivity contribution is 0.0693. The molecule has 0 aliphatic heterocycles. The molecule has 0 aliphatic rings.